The summed E-state index contributed by atoms with van der Waals surface area (Å²) in [7, 11) is 0. The maximum absolute atomic E-state index is 12.2. The Morgan fingerprint density at radius 2 is 1.88 bits per heavy atom. The van der Waals surface area contributed by atoms with Gasteiger partial charge >= 0.3 is 0 Å². The molecular formula is C20H17Cl2N3O. The number of aromatic nitrogens is 2. The van der Waals surface area contributed by atoms with Gasteiger partial charge in [0, 0.05) is 37.1 Å². The first kappa shape index (κ1) is 18.4. The van der Waals surface area contributed by atoms with E-state index in [4.69, 9.17) is 23.2 Å². The summed E-state index contributed by atoms with van der Waals surface area (Å²) in [5.74, 6) is -0.0305. The van der Waals surface area contributed by atoms with E-state index in [1.54, 1.807) is 30.7 Å². The van der Waals surface area contributed by atoms with Gasteiger partial charge in [0.1, 0.15) is 0 Å². The van der Waals surface area contributed by atoms with Crippen molar-refractivity contribution in [1.82, 2.24) is 15.3 Å². The fourth-order valence-electron chi connectivity index (χ4n) is 2.58. The summed E-state index contributed by atoms with van der Waals surface area (Å²) in [5, 5.41) is 3.96. The zero-order valence-corrected chi connectivity index (χ0v) is 15.5. The van der Waals surface area contributed by atoms with Crippen LogP contribution in [0.5, 0.6) is 0 Å². The van der Waals surface area contributed by atoms with Crippen molar-refractivity contribution in [2.24, 2.45) is 0 Å². The fraction of sp³-hybridized carbons (Fsp3) is 0.150. The molecule has 6 heteroatoms. The van der Waals surface area contributed by atoms with Crippen LogP contribution >= 0.6 is 23.2 Å². The number of nitrogens with one attached hydrogen (secondary N) is 1. The Kier molecular flexibility index (Phi) is 6.21. The lowest BCUT2D eigenvalue weighted by Gasteiger charge is -2.10. The lowest BCUT2D eigenvalue weighted by molar-refractivity contribution is -0.121. The molecule has 0 aliphatic carbocycles. The van der Waals surface area contributed by atoms with E-state index in [1.165, 1.54) is 0 Å². The third-order valence-corrected chi connectivity index (χ3v) is 4.67. The van der Waals surface area contributed by atoms with Crippen LogP contribution in [0, 0.1) is 0 Å². The van der Waals surface area contributed by atoms with E-state index >= 15 is 0 Å². The summed E-state index contributed by atoms with van der Waals surface area (Å²) in [4.78, 5) is 20.7. The van der Waals surface area contributed by atoms with E-state index in [0.717, 1.165) is 22.4 Å². The standard InChI is InChI=1S/C20H17Cl2N3O/c21-17-7-5-14(11-18(17)22)6-8-19(26)25-13-16-4-2-10-24-20(16)15-3-1-9-23-12-15/h1-5,7,9-12H,6,8,13H2,(H,25,26). The Hall–Kier alpha value is -2.43. The highest BCUT2D eigenvalue weighted by Crippen LogP contribution is 2.23. The fourth-order valence-corrected chi connectivity index (χ4v) is 2.90. The lowest BCUT2D eigenvalue weighted by atomic mass is 10.1. The quantitative estimate of drug-likeness (QED) is 0.668. The zero-order valence-electron chi connectivity index (χ0n) is 14.0. The molecular weight excluding hydrogens is 369 g/mol. The number of aryl methyl sites for hydroxylation is 1. The molecule has 0 unspecified atom stereocenters. The number of pyridine rings is 2. The maximum atomic E-state index is 12.2. The summed E-state index contributed by atoms with van der Waals surface area (Å²) in [6.07, 6.45) is 6.19. The normalized spacial score (nSPS) is 10.5. The first-order chi connectivity index (χ1) is 12.6. The van der Waals surface area contributed by atoms with Crippen LogP contribution in [0.4, 0.5) is 0 Å². The van der Waals surface area contributed by atoms with E-state index < -0.39 is 0 Å². The molecule has 0 spiro atoms. The van der Waals surface area contributed by atoms with Crippen LogP contribution in [0.15, 0.2) is 61.1 Å². The lowest BCUT2D eigenvalue weighted by Crippen LogP contribution is -2.23. The number of hydrogen-bond acceptors (Lipinski definition) is 3. The van der Waals surface area contributed by atoms with Gasteiger partial charge in [-0.1, -0.05) is 35.3 Å². The summed E-state index contributed by atoms with van der Waals surface area (Å²) >= 11 is 11.9. The summed E-state index contributed by atoms with van der Waals surface area (Å²) in [6, 6.07) is 13.0. The molecule has 3 rings (SSSR count). The summed E-state index contributed by atoms with van der Waals surface area (Å²) in [5.41, 5.74) is 3.67. The smallest absolute Gasteiger partial charge is 0.220 e. The average molecular weight is 386 g/mol. The Bertz CT molecular complexity index is 901. The van der Waals surface area contributed by atoms with Crippen molar-refractivity contribution < 1.29 is 4.79 Å². The van der Waals surface area contributed by atoms with Crippen LogP contribution in [0.3, 0.4) is 0 Å². The van der Waals surface area contributed by atoms with Gasteiger partial charge in [0.05, 0.1) is 15.7 Å². The molecule has 26 heavy (non-hydrogen) atoms. The Morgan fingerprint density at radius 1 is 1.04 bits per heavy atom. The van der Waals surface area contributed by atoms with Gasteiger partial charge in [-0.3, -0.25) is 14.8 Å². The Morgan fingerprint density at radius 3 is 2.65 bits per heavy atom. The number of hydrogen-bond donors (Lipinski definition) is 1. The summed E-state index contributed by atoms with van der Waals surface area (Å²) < 4.78 is 0. The minimum atomic E-state index is -0.0305. The predicted molar refractivity (Wildman–Crippen MR) is 104 cm³/mol. The molecule has 132 valence electrons. The SMILES string of the molecule is O=C(CCc1ccc(Cl)c(Cl)c1)NCc1cccnc1-c1cccnc1. The molecule has 0 aliphatic rings. The van der Waals surface area contributed by atoms with Gasteiger partial charge in [0.2, 0.25) is 5.91 Å². The van der Waals surface area contributed by atoms with E-state index in [9.17, 15) is 4.79 Å². The molecule has 0 saturated heterocycles. The highest BCUT2D eigenvalue weighted by Gasteiger charge is 2.09. The number of amides is 1. The average Bonchev–Trinajstić information content (AvgIpc) is 2.68. The third-order valence-electron chi connectivity index (χ3n) is 3.93. The minimum Gasteiger partial charge on any atom is -0.352 e. The van der Waals surface area contributed by atoms with Gasteiger partial charge < -0.3 is 5.32 Å². The van der Waals surface area contributed by atoms with Gasteiger partial charge in [0.15, 0.2) is 0 Å². The molecule has 2 aromatic heterocycles. The first-order valence-electron chi connectivity index (χ1n) is 8.18. The molecule has 0 atom stereocenters. The molecule has 4 nitrogen and oxygen atoms in total. The highest BCUT2D eigenvalue weighted by atomic mass is 35.5. The molecule has 3 aromatic rings. The maximum Gasteiger partial charge on any atom is 0.220 e. The van der Waals surface area contributed by atoms with Gasteiger partial charge in [-0.25, -0.2) is 0 Å². The first-order valence-corrected chi connectivity index (χ1v) is 8.94. The van der Waals surface area contributed by atoms with Crippen LogP contribution in [-0.4, -0.2) is 15.9 Å². The second-order valence-corrected chi connectivity index (χ2v) is 6.59. The number of benzene rings is 1. The largest absolute Gasteiger partial charge is 0.352 e. The molecule has 0 bridgehead atoms. The number of nitrogens with zero attached hydrogens (tertiary/aromatic N) is 2. The summed E-state index contributed by atoms with van der Waals surface area (Å²) in [6.45, 7) is 0.415. The van der Waals surface area contributed by atoms with Crippen LogP contribution < -0.4 is 5.32 Å². The molecule has 0 aliphatic heterocycles. The molecule has 0 fully saturated rings. The second kappa shape index (κ2) is 8.79. The third kappa shape index (κ3) is 4.81. The minimum absolute atomic E-state index is 0.0305. The van der Waals surface area contributed by atoms with E-state index in [0.29, 0.717) is 29.4 Å². The number of halogens is 2. The monoisotopic (exact) mass is 385 g/mol. The van der Waals surface area contributed by atoms with Crippen molar-refractivity contribution in [2.45, 2.75) is 19.4 Å². The van der Waals surface area contributed by atoms with Crippen LogP contribution in [0.25, 0.3) is 11.3 Å². The molecule has 1 N–H and O–H groups in total. The molecule has 1 amide bonds. The van der Waals surface area contributed by atoms with Crippen molar-refractivity contribution in [1.29, 1.82) is 0 Å². The molecule has 0 saturated carbocycles. The molecule has 0 radical (unpaired) electrons. The van der Waals surface area contributed by atoms with E-state index in [1.807, 2.05) is 30.3 Å². The van der Waals surface area contributed by atoms with E-state index in [2.05, 4.69) is 15.3 Å². The van der Waals surface area contributed by atoms with Crippen LogP contribution in [0.2, 0.25) is 10.0 Å². The van der Waals surface area contributed by atoms with Crippen molar-refractivity contribution in [3.63, 3.8) is 0 Å². The van der Waals surface area contributed by atoms with Crippen molar-refractivity contribution in [2.75, 3.05) is 0 Å². The van der Waals surface area contributed by atoms with Crippen molar-refractivity contribution >= 4 is 29.1 Å². The van der Waals surface area contributed by atoms with Gasteiger partial charge in [-0.05, 0) is 47.9 Å². The second-order valence-electron chi connectivity index (χ2n) is 5.78. The zero-order chi connectivity index (χ0) is 18.4. The molecule has 1 aromatic carbocycles. The highest BCUT2D eigenvalue weighted by molar-refractivity contribution is 6.42. The number of rotatable bonds is 6. The van der Waals surface area contributed by atoms with Gasteiger partial charge in [0.25, 0.3) is 0 Å². The topological polar surface area (TPSA) is 54.9 Å². The molecule has 2 heterocycles. The predicted octanol–water partition coefficient (Wildman–Crippen LogP) is 4.70. The van der Waals surface area contributed by atoms with Crippen LogP contribution in [-0.2, 0) is 17.8 Å². The number of carbonyl (C=O) groups is 1. The van der Waals surface area contributed by atoms with Gasteiger partial charge in [-0.15, -0.1) is 0 Å². The van der Waals surface area contributed by atoms with Gasteiger partial charge in [-0.2, -0.15) is 0 Å². The Labute approximate surface area is 162 Å². The Balaban J connectivity index is 1.59. The van der Waals surface area contributed by atoms with E-state index in [-0.39, 0.29) is 5.91 Å². The number of carbonyl (C=O) groups excluding carboxylic acids is 1. The van der Waals surface area contributed by atoms with Crippen LogP contribution in [0.1, 0.15) is 17.5 Å². The van der Waals surface area contributed by atoms with Crippen molar-refractivity contribution in [3.05, 3.63) is 82.2 Å². The van der Waals surface area contributed by atoms with Crippen molar-refractivity contribution in [3.8, 4) is 11.3 Å².